The van der Waals surface area contributed by atoms with Gasteiger partial charge in [0.25, 0.3) is 0 Å². The number of ether oxygens (including phenoxy) is 1. The monoisotopic (exact) mass is 356 g/mol. The van der Waals surface area contributed by atoms with Gasteiger partial charge in [-0.3, -0.25) is 0 Å². The fourth-order valence-corrected chi connectivity index (χ4v) is 3.47. The highest BCUT2D eigenvalue weighted by atomic mass is 79.9. The minimum atomic E-state index is 0.181. The van der Waals surface area contributed by atoms with Crippen molar-refractivity contribution in [3.8, 4) is 11.5 Å². The summed E-state index contributed by atoms with van der Waals surface area (Å²) in [5.74, 6) is 1.49. The van der Waals surface area contributed by atoms with Crippen LogP contribution in [-0.4, -0.2) is 55.2 Å². The van der Waals surface area contributed by atoms with Crippen LogP contribution in [-0.2, 0) is 6.54 Å². The van der Waals surface area contributed by atoms with Crippen LogP contribution in [0.3, 0.4) is 0 Å². The predicted molar refractivity (Wildman–Crippen MR) is 88.9 cm³/mol. The van der Waals surface area contributed by atoms with Crippen molar-refractivity contribution < 1.29 is 9.84 Å². The number of benzene rings is 1. The fourth-order valence-electron chi connectivity index (χ4n) is 2.98. The maximum absolute atomic E-state index is 9.96. The van der Waals surface area contributed by atoms with E-state index in [1.54, 1.807) is 0 Å². The Bertz CT molecular complexity index is 482. The van der Waals surface area contributed by atoms with Crippen LogP contribution in [0.25, 0.3) is 0 Å². The van der Waals surface area contributed by atoms with E-state index in [1.807, 2.05) is 19.1 Å². The summed E-state index contributed by atoms with van der Waals surface area (Å²) in [5.41, 5.74) is 1.15. The number of halogens is 1. The molecule has 0 bridgehead atoms. The summed E-state index contributed by atoms with van der Waals surface area (Å²) >= 11 is 3.40. The molecule has 1 saturated heterocycles. The van der Waals surface area contributed by atoms with E-state index < -0.39 is 0 Å². The molecule has 1 unspecified atom stereocenters. The van der Waals surface area contributed by atoms with Crippen molar-refractivity contribution in [3.05, 3.63) is 22.2 Å². The van der Waals surface area contributed by atoms with Gasteiger partial charge in [-0.15, -0.1) is 0 Å². The summed E-state index contributed by atoms with van der Waals surface area (Å²) in [6.07, 6.45) is 1.28. The van der Waals surface area contributed by atoms with Gasteiger partial charge in [0.2, 0.25) is 0 Å². The van der Waals surface area contributed by atoms with Gasteiger partial charge in [0, 0.05) is 19.6 Å². The van der Waals surface area contributed by atoms with Crippen LogP contribution in [0.2, 0.25) is 0 Å². The van der Waals surface area contributed by atoms with Crippen LogP contribution < -0.4 is 4.74 Å². The van der Waals surface area contributed by atoms with E-state index in [0.29, 0.717) is 16.8 Å². The molecule has 0 spiro atoms. The molecule has 4 nitrogen and oxygen atoms in total. The first kappa shape index (κ1) is 16.6. The molecule has 1 aliphatic heterocycles. The number of nitrogens with zero attached hydrogens (tertiary/aromatic N) is 2. The average molecular weight is 357 g/mol. The number of hydrogen-bond donors (Lipinski definition) is 1. The second-order valence-corrected chi connectivity index (χ2v) is 6.83. The van der Waals surface area contributed by atoms with Gasteiger partial charge in [0.15, 0.2) is 11.5 Å². The summed E-state index contributed by atoms with van der Waals surface area (Å²) in [6, 6.07) is 3.90. The van der Waals surface area contributed by atoms with E-state index in [9.17, 15) is 5.11 Å². The SMILES string of the molecule is CCOc1cc(CN(C)CC2CCN(C)C2)cc(Br)c1O. The van der Waals surface area contributed by atoms with Gasteiger partial charge < -0.3 is 19.6 Å². The Kier molecular flexibility index (Phi) is 5.90. The molecular weight excluding hydrogens is 332 g/mol. The van der Waals surface area contributed by atoms with Gasteiger partial charge in [0.1, 0.15) is 0 Å². The molecule has 5 heteroatoms. The van der Waals surface area contributed by atoms with Crippen LogP contribution in [0.4, 0.5) is 0 Å². The van der Waals surface area contributed by atoms with Crippen molar-refractivity contribution >= 4 is 15.9 Å². The summed E-state index contributed by atoms with van der Waals surface area (Å²) in [5, 5.41) is 9.96. The molecular formula is C16H25BrN2O2. The van der Waals surface area contributed by atoms with E-state index in [1.165, 1.54) is 19.5 Å². The average Bonchev–Trinajstić information content (AvgIpc) is 2.81. The topological polar surface area (TPSA) is 35.9 Å². The zero-order valence-corrected chi connectivity index (χ0v) is 14.7. The van der Waals surface area contributed by atoms with Crippen molar-refractivity contribution in [2.75, 3.05) is 40.3 Å². The van der Waals surface area contributed by atoms with Crippen LogP contribution in [0.15, 0.2) is 16.6 Å². The molecule has 0 radical (unpaired) electrons. The number of phenolic OH excluding ortho intramolecular Hbond substituents is 1. The predicted octanol–water partition coefficient (Wildman–Crippen LogP) is 2.94. The maximum Gasteiger partial charge on any atom is 0.172 e. The van der Waals surface area contributed by atoms with Crippen molar-refractivity contribution in [2.45, 2.75) is 19.9 Å². The number of likely N-dealkylation sites (tertiary alicyclic amines) is 1. The van der Waals surface area contributed by atoms with Crippen molar-refractivity contribution in [1.29, 1.82) is 0 Å². The van der Waals surface area contributed by atoms with Crippen LogP contribution >= 0.6 is 15.9 Å². The largest absolute Gasteiger partial charge is 0.503 e. The Morgan fingerprint density at radius 1 is 1.48 bits per heavy atom. The summed E-state index contributed by atoms with van der Waals surface area (Å²) in [7, 11) is 4.34. The van der Waals surface area contributed by atoms with Crippen LogP contribution in [0.1, 0.15) is 18.9 Å². The van der Waals surface area contributed by atoms with E-state index >= 15 is 0 Å². The first-order valence-electron chi connectivity index (χ1n) is 7.50. The summed E-state index contributed by atoms with van der Waals surface area (Å²) in [4.78, 5) is 4.74. The molecule has 1 fully saturated rings. The minimum Gasteiger partial charge on any atom is -0.503 e. The molecule has 118 valence electrons. The lowest BCUT2D eigenvalue weighted by Gasteiger charge is -2.21. The van der Waals surface area contributed by atoms with Crippen LogP contribution in [0.5, 0.6) is 11.5 Å². The third kappa shape index (κ3) is 4.59. The quantitative estimate of drug-likeness (QED) is 0.849. The molecule has 1 N–H and O–H groups in total. The van der Waals surface area contributed by atoms with Gasteiger partial charge in [0.05, 0.1) is 11.1 Å². The fraction of sp³-hybridized carbons (Fsp3) is 0.625. The zero-order valence-electron chi connectivity index (χ0n) is 13.1. The van der Waals surface area contributed by atoms with Gasteiger partial charge in [-0.2, -0.15) is 0 Å². The second-order valence-electron chi connectivity index (χ2n) is 5.97. The minimum absolute atomic E-state index is 0.181. The smallest absolute Gasteiger partial charge is 0.172 e. The second kappa shape index (κ2) is 7.47. The molecule has 2 rings (SSSR count). The van der Waals surface area contributed by atoms with E-state index in [-0.39, 0.29) is 5.75 Å². The van der Waals surface area contributed by atoms with Gasteiger partial charge in [-0.1, -0.05) is 0 Å². The van der Waals surface area contributed by atoms with Crippen molar-refractivity contribution in [1.82, 2.24) is 9.80 Å². The third-order valence-electron chi connectivity index (χ3n) is 3.90. The Morgan fingerprint density at radius 3 is 2.86 bits per heavy atom. The van der Waals surface area contributed by atoms with E-state index in [4.69, 9.17) is 4.74 Å². The number of phenols is 1. The van der Waals surface area contributed by atoms with Crippen molar-refractivity contribution in [3.63, 3.8) is 0 Å². The van der Waals surface area contributed by atoms with Gasteiger partial charge in [-0.05, 0) is 73.5 Å². The highest BCUT2D eigenvalue weighted by Gasteiger charge is 2.21. The highest BCUT2D eigenvalue weighted by Crippen LogP contribution is 2.35. The molecule has 1 aromatic rings. The number of aromatic hydroxyl groups is 1. The molecule has 1 aliphatic rings. The molecule has 1 aromatic carbocycles. The van der Waals surface area contributed by atoms with Gasteiger partial charge >= 0.3 is 0 Å². The maximum atomic E-state index is 9.96. The molecule has 21 heavy (non-hydrogen) atoms. The van der Waals surface area contributed by atoms with E-state index in [2.05, 4.69) is 39.8 Å². The first-order valence-corrected chi connectivity index (χ1v) is 8.30. The molecule has 1 atom stereocenters. The number of rotatable bonds is 6. The summed E-state index contributed by atoms with van der Waals surface area (Å²) in [6.45, 7) is 6.83. The molecule has 0 amide bonds. The Morgan fingerprint density at radius 2 is 2.24 bits per heavy atom. The molecule has 0 saturated carbocycles. The highest BCUT2D eigenvalue weighted by molar-refractivity contribution is 9.10. The molecule has 1 heterocycles. The zero-order chi connectivity index (χ0) is 15.4. The Hall–Kier alpha value is -0.780. The first-order chi connectivity index (χ1) is 9.99. The van der Waals surface area contributed by atoms with E-state index in [0.717, 1.165) is 24.6 Å². The van der Waals surface area contributed by atoms with Gasteiger partial charge in [-0.25, -0.2) is 0 Å². The molecule has 0 aromatic heterocycles. The standard InChI is InChI=1S/C16H25BrN2O2/c1-4-21-15-8-13(7-14(17)16(15)20)11-19(3)10-12-5-6-18(2)9-12/h7-8,12,20H,4-6,9-11H2,1-3H3. The van der Waals surface area contributed by atoms with Crippen molar-refractivity contribution in [2.24, 2.45) is 5.92 Å². The Labute approximate surface area is 135 Å². The third-order valence-corrected chi connectivity index (χ3v) is 4.50. The molecule has 0 aliphatic carbocycles. The van der Waals surface area contributed by atoms with Crippen LogP contribution in [0, 0.1) is 5.92 Å². The summed E-state index contributed by atoms with van der Waals surface area (Å²) < 4.78 is 6.17. The number of hydrogen-bond acceptors (Lipinski definition) is 4. The Balaban J connectivity index is 1.98. The lowest BCUT2D eigenvalue weighted by molar-refractivity contribution is 0.266. The normalized spacial score (nSPS) is 19.4. The lowest BCUT2D eigenvalue weighted by atomic mass is 10.1. The lowest BCUT2D eigenvalue weighted by Crippen LogP contribution is -2.27.